The smallest absolute Gasteiger partial charge is 0.224 e. The van der Waals surface area contributed by atoms with Gasteiger partial charge in [0.1, 0.15) is 0 Å². The predicted octanol–water partition coefficient (Wildman–Crippen LogP) is -0.793. The largest absolute Gasteiger partial charge is 0.378 e. The minimum absolute atomic E-state index is 0.0403. The number of hydrogen-bond donors (Lipinski definition) is 2. The van der Waals surface area contributed by atoms with Crippen molar-refractivity contribution in [3.05, 3.63) is 0 Å². The van der Waals surface area contributed by atoms with E-state index in [-0.39, 0.29) is 17.7 Å². The van der Waals surface area contributed by atoms with Gasteiger partial charge in [-0.2, -0.15) is 0 Å². The number of ether oxygens (including phenoxy) is 1. The molecule has 2 atom stereocenters. The van der Waals surface area contributed by atoms with Crippen LogP contribution < -0.4 is 10.6 Å². The summed E-state index contributed by atoms with van der Waals surface area (Å²) in [5.41, 5.74) is 0. The highest BCUT2D eigenvalue weighted by atomic mass is 16.5. The minimum Gasteiger partial charge on any atom is -0.378 e. The van der Waals surface area contributed by atoms with Gasteiger partial charge < -0.3 is 20.3 Å². The summed E-state index contributed by atoms with van der Waals surface area (Å²) in [6.45, 7) is 6.69. The van der Waals surface area contributed by atoms with Crippen molar-refractivity contribution in [1.82, 2.24) is 15.5 Å². The van der Waals surface area contributed by atoms with E-state index in [9.17, 15) is 9.59 Å². The van der Waals surface area contributed by atoms with Crippen LogP contribution >= 0.6 is 0 Å². The highest BCUT2D eigenvalue weighted by molar-refractivity contribution is 5.81. The third kappa shape index (κ3) is 3.91. The van der Waals surface area contributed by atoms with Crippen LogP contribution in [0.15, 0.2) is 0 Å². The first-order chi connectivity index (χ1) is 9.18. The summed E-state index contributed by atoms with van der Waals surface area (Å²) >= 11 is 0. The van der Waals surface area contributed by atoms with Crippen molar-refractivity contribution in [2.75, 3.05) is 45.9 Å². The van der Waals surface area contributed by atoms with E-state index in [1.807, 2.05) is 0 Å². The second-order valence-corrected chi connectivity index (χ2v) is 5.28. The molecule has 6 nitrogen and oxygen atoms in total. The third-order valence-electron chi connectivity index (χ3n) is 3.86. The zero-order chi connectivity index (χ0) is 13.7. The van der Waals surface area contributed by atoms with Crippen LogP contribution in [0.2, 0.25) is 0 Å². The molecule has 2 rings (SSSR count). The van der Waals surface area contributed by atoms with Gasteiger partial charge in [-0.05, 0) is 12.5 Å². The Hall–Kier alpha value is -1.14. The molecule has 0 radical (unpaired) electrons. The van der Waals surface area contributed by atoms with E-state index in [1.165, 1.54) is 0 Å². The fourth-order valence-electron chi connectivity index (χ4n) is 2.56. The topological polar surface area (TPSA) is 70.7 Å². The Kier molecular flexibility index (Phi) is 5.15. The molecule has 2 fully saturated rings. The molecule has 0 aromatic carbocycles. The number of nitrogens with zero attached hydrogens (tertiary/aromatic N) is 1. The van der Waals surface area contributed by atoms with Crippen molar-refractivity contribution in [3.8, 4) is 0 Å². The van der Waals surface area contributed by atoms with Crippen molar-refractivity contribution in [1.29, 1.82) is 0 Å². The Morgan fingerprint density at radius 1 is 1.32 bits per heavy atom. The Bertz CT molecular complexity index is 329. The number of carbonyl (C=O) groups excluding carboxylic acids is 2. The van der Waals surface area contributed by atoms with Crippen molar-refractivity contribution in [2.45, 2.75) is 13.3 Å². The van der Waals surface area contributed by atoms with Gasteiger partial charge in [-0.1, -0.05) is 6.92 Å². The van der Waals surface area contributed by atoms with Crippen LogP contribution in [0.25, 0.3) is 0 Å². The lowest BCUT2D eigenvalue weighted by Crippen LogP contribution is -2.42. The Morgan fingerprint density at radius 3 is 2.68 bits per heavy atom. The summed E-state index contributed by atoms with van der Waals surface area (Å²) in [6, 6.07) is 0. The first-order valence-corrected chi connectivity index (χ1v) is 7.02. The summed E-state index contributed by atoms with van der Waals surface area (Å²) in [4.78, 5) is 25.6. The molecular weight excluding hydrogens is 246 g/mol. The van der Waals surface area contributed by atoms with Gasteiger partial charge in [-0.15, -0.1) is 0 Å². The molecule has 6 heteroatoms. The lowest BCUT2D eigenvalue weighted by Gasteiger charge is -2.27. The van der Waals surface area contributed by atoms with Crippen LogP contribution in [-0.4, -0.2) is 62.7 Å². The molecule has 0 spiro atoms. The minimum atomic E-state index is 0.0403. The fraction of sp³-hybridized carbons (Fsp3) is 0.846. The Balaban J connectivity index is 1.65. The molecule has 2 amide bonds. The van der Waals surface area contributed by atoms with Gasteiger partial charge in [0, 0.05) is 32.6 Å². The van der Waals surface area contributed by atoms with E-state index in [0.29, 0.717) is 45.2 Å². The molecule has 0 bridgehead atoms. The number of hydrogen-bond acceptors (Lipinski definition) is 4. The number of carbonyl (C=O) groups is 2. The fourth-order valence-corrected chi connectivity index (χ4v) is 2.56. The molecule has 108 valence electrons. The standard InChI is InChI=1S/C13H23N3O3/c1-10-8-14-9-11(10)13(18)15-3-2-12(17)16-4-6-19-7-5-16/h10-11,14H,2-9H2,1H3,(H,15,18)/t10-,11-/m1/s1. The molecule has 0 saturated carbocycles. The Morgan fingerprint density at radius 2 is 2.05 bits per heavy atom. The highest BCUT2D eigenvalue weighted by Gasteiger charge is 2.29. The summed E-state index contributed by atoms with van der Waals surface area (Å²) in [7, 11) is 0. The van der Waals surface area contributed by atoms with E-state index >= 15 is 0 Å². The summed E-state index contributed by atoms with van der Waals surface area (Å²) in [5.74, 6) is 0.571. The van der Waals surface area contributed by atoms with Gasteiger partial charge in [0.2, 0.25) is 11.8 Å². The van der Waals surface area contributed by atoms with Gasteiger partial charge in [-0.25, -0.2) is 0 Å². The summed E-state index contributed by atoms with van der Waals surface area (Å²) in [5, 5.41) is 6.07. The maximum Gasteiger partial charge on any atom is 0.224 e. The maximum atomic E-state index is 11.9. The molecule has 0 aliphatic carbocycles. The van der Waals surface area contributed by atoms with Crippen LogP contribution in [-0.2, 0) is 14.3 Å². The van der Waals surface area contributed by atoms with Gasteiger partial charge in [-0.3, -0.25) is 9.59 Å². The van der Waals surface area contributed by atoms with Gasteiger partial charge >= 0.3 is 0 Å². The molecule has 0 aromatic heterocycles. The molecule has 2 aliphatic rings. The van der Waals surface area contributed by atoms with Crippen molar-refractivity contribution in [2.24, 2.45) is 11.8 Å². The molecule has 2 aliphatic heterocycles. The zero-order valence-electron chi connectivity index (χ0n) is 11.5. The first-order valence-electron chi connectivity index (χ1n) is 7.02. The molecule has 2 heterocycles. The number of rotatable bonds is 4. The summed E-state index contributed by atoms with van der Waals surface area (Å²) < 4.78 is 5.20. The van der Waals surface area contributed by atoms with Crippen molar-refractivity contribution in [3.63, 3.8) is 0 Å². The van der Waals surface area contributed by atoms with Gasteiger partial charge in [0.05, 0.1) is 19.1 Å². The van der Waals surface area contributed by atoms with Crippen LogP contribution in [0, 0.1) is 11.8 Å². The third-order valence-corrected chi connectivity index (χ3v) is 3.86. The molecular formula is C13H23N3O3. The quantitative estimate of drug-likeness (QED) is 0.701. The molecule has 2 N–H and O–H groups in total. The molecule has 19 heavy (non-hydrogen) atoms. The van der Waals surface area contributed by atoms with Crippen LogP contribution in [0.4, 0.5) is 0 Å². The summed E-state index contributed by atoms with van der Waals surface area (Å²) in [6.07, 6.45) is 0.375. The molecule has 0 aromatic rings. The van der Waals surface area contributed by atoms with Gasteiger partial charge in [0.15, 0.2) is 0 Å². The van der Waals surface area contributed by atoms with Crippen LogP contribution in [0.1, 0.15) is 13.3 Å². The lowest BCUT2D eigenvalue weighted by molar-refractivity contribution is -0.135. The average molecular weight is 269 g/mol. The normalized spacial score (nSPS) is 27.3. The number of amides is 2. The van der Waals surface area contributed by atoms with E-state index in [4.69, 9.17) is 4.74 Å². The average Bonchev–Trinajstić information content (AvgIpc) is 2.86. The van der Waals surface area contributed by atoms with E-state index in [1.54, 1.807) is 4.90 Å². The van der Waals surface area contributed by atoms with Crippen molar-refractivity contribution < 1.29 is 14.3 Å². The van der Waals surface area contributed by atoms with Crippen LogP contribution in [0.5, 0.6) is 0 Å². The zero-order valence-corrected chi connectivity index (χ0v) is 11.5. The van der Waals surface area contributed by atoms with E-state index in [2.05, 4.69) is 17.6 Å². The highest BCUT2D eigenvalue weighted by Crippen LogP contribution is 2.15. The second-order valence-electron chi connectivity index (χ2n) is 5.28. The first kappa shape index (κ1) is 14.3. The number of nitrogens with one attached hydrogen (secondary N) is 2. The maximum absolute atomic E-state index is 11.9. The SMILES string of the molecule is C[C@@H]1CNC[C@H]1C(=O)NCCC(=O)N1CCOCC1. The van der Waals surface area contributed by atoms with Crippen molar-refractivity contribution >= 4 is 11.8 Å². The molecule has 0 unspecified atom stereocenters. The predicted molar refractivity (Wildman–Crippen MR) is 70.5 cm³/mol. The molecule has 2 saturated heterocycles. The second kappa shape index (κ2) is 6.86. The van der Waals surface area contributed by atoms with Crippen LogP contribution in [0.3, 0.4) is 0 Å². The Labute approximate surface area is 113 Å². The van der Waals surface area contributed by atoms with E-state index < -0.39 is 0 Å². The van der Waals surface area contributed by atoms with Gasteiger partial charge in [0.25, 0.3) is 0 Å². The monoisotopic (exact) mass is 269 g/mol. The lowest BCUT2D eigenvalue weighted by atomic mass is 9.97. The number of morpholine rings is 1. The van der Waals surface area contributed by atoms with E-state index in [0.717, 1.165) is 13.1 Å².